The SMILES string of the molecule is CN(C)c1ccc(C(=O)N2C3CCC2C(C(=O)O)C3)cc1F. The van der Waals surface area contributed by atoms with Crippen LogP contribution in [0.1, 0.15) is 29.6 Å². The number of aliphatic carboxylic acids is 1. The van der Waals surface area contributed by atoms with Crippen molar-refractivity contribution in [3.63, 3.8) is 0 Å². The van der Waals surface area contributed by atoms with Crippen LogP contribution in [0.2, 0.25) is 0 Å². The van der Waals surface area contributed by atoms with Gasteiger partial charge in [0.15, 0.2) is 0 Å². The van der Waals surface area contributed by atoms with Crippen LogP contribution in [0.5, 0.6) is 0 Å². The number of anilines is 1. The third kappa shape index (κ3) is 2.23. The molecule has 0 aromatic heterocycles. The maximum atomic E-state index is 14.1. The Labute approximate surface area is 128 Å². The van der Waals surface area contributed by atoms with E-state index < -0.39 is 17.7 Å². The van der Waals surface area contributed by atoms with Gasteiger partial charge in [0, 0.05) is 31.7 Å². The Kier molecular flexibility index (Phi) is 3.54. The van der Waals surface area contributed by atoms with Gasteiger partial charge in [0.2, 0.25) is 0 Å². The molecule has 0 spiro atoms. The molecule has 2 heterocycles. The first-order chi connectivity index (χ1) is 10.4. The molecular weight excluding hydrogens is 287 g/mol. The molecule has 2 aliphatic heterocycles. The second-order valence-electron chi connectivity index (χ2n) is 6.25. The standard InChI is InChI=1S/C16H19FN2O3/c1-18(2)14-5-3-9(7-12(14)17)15(20)19-10-4-6-13(19)11(8-10)16(21)22/h3,5,7,10-11,13H,4,6,8H2,1-2H3,(H,21,22). The van der Waals surface area contributed by atoms with Crippen LogP contribution < -0.4 is 4.90 Å². The zero-order valence-electron chi connectivity index (χ0n) is 12.6. The zero-order chi connectivity index (χ0) is 16.0. The lowest BCUT2D eigenvalue weighted by molar-refractivity contribution is -0.142. The van der Waals surface area contributed by atoms with Crippen LogP contribution in [0.15, 0.2) is 18.2 Å². The minimum absolute atomic E-state index is 0.0322. The molecule has 5 nitrogen and oxygen atoms in total. The van der Waals surface area contributed by atoms with Crippen molar-refractivity contribution < 1.29 is 19.1 Å². The van der Waals surface area contributed by atoms with Crippen molar-refractivity contribution in [2.45, 2.75) is 31.3 Å². The van der Waals surface area contributed by atoms with Crippen LogP contribution in [0.25, 0.3) is 0 Å². The third-order valence-electron chi connectivity index (χ3n) is 4.76. The first-order valence-corrected chi connectivity index (χ1v) is 7.42. The number of fused-ring (bicyclic) bond motifs is 2. The molecule has 2 bridgehead atoms. The fourth-order valence-electron chi connectivity index (χ4n) is 3.72. The van der Waals surface area contributed by atoms with Crippen molar-refractivity contribution >= 4 is 17.6 Å². The minimum atomic E-state index is -0.848. The maximum Gasteiger partial charge on any atom is 0.308 e. The summed E-state index contributed by atoms with van der Waals surface area (Å²) in [6.45, 7) is 0. The summed E-state index contributed by atoms with van der Waals surface area (Å²) in [7, 11) is 3.47. The molecule has 0 aliphatic carbocycles. The molecule has 2 aliphatic rings. The monoisotopic (exact) mass is 306 g/mol. The number of hydrogen-bond donors (Lipinski definition) is 1. The summed E-state index contributed by atoms with van der Waals surface area (Å²) in [4.78, 5) is 27.2. The van der Waals surface area contributed by atoms with Gasteiger partial charge in [-0.15, -0.1) is 0 Å². The first kappa shape index (κ1) is 14.8. The highest BCUT2D eigenvalue weighted by Crippen LogP contribution is 2.42. The molecule has 22 heavy (non-hydrogen) atoms. The highest BCUT2D eigenvalue weighted by atomic mass is 19.1. The summed E-state index contributed by atoms with van der Waals surface area (Å²) >= 11 is 0. The quantitative estimate of drug-likeness (QED) is 0.927. The Bertz CT molecular complexity index is 632. The Morgan fingerprint density at radius 1 is 1.32 bits per heavy atom. The molecule has 2 saturated heterocycles. The molecule has 3 unspecified atom stereocenters. The van der Waals surface area contributed by atoms with E-state index in [1.54, 1.807) is 36.0 Å². The molecule has 2 fully saturated rings. The minimum Gasteiger partial charge on any atom is -0.481 e. The van der Waals surface area contributed by atoms with Gasteiger partial charge in [-0.2, -0.15) is 0 Å². The van der Waals surface area contributed by atoms with E-state index >= 15 is 0 Å². The number of carboxylic acid groups (broad SMARTS) is 1. The van der Waals surface area contributed by atoms with Gasteiger partial charge in [0.05, 0.1) is 11.6 Å². The molecule has 1 N–H and O–H groups in total. The molecule has 118 valence electrons. The zero-order valence-corrected chi connectivity index (χ0v) is 12.6. The number of rotatable bonds is 3. The second kappa shape index (κ2) is 5.26. The van der Waals surface area contributed by atoms with E-state index in [0.29, 0.717) is 18.5 Å². The van der Waals surface area contributed by atoms with E-state index in [1.165, 1.54) is 6.07 Å². The smallest absolute Gasteiger partial charge is 0.308 e. The molecule has 3 atom stereocenters. The lowest BCUT2D eigenvalue weighted by Gasteiger charge is -2.23. The Morgan fingerprint density at radius 3 is 2.59 bits per heavy atom. The summed E-state index contributed by atoms with van der Waals surface area (Å²) < 4.78 is 14.1. The van der Waals surface area contributed by atoms with Crippen LogP contribution >= 0.6 is 0 Å². The number of nitrogens with zero attached hydrogens (tertiary/aromatic N) is 2. The van der Waals surface area contributed by atoms with Crippen LogP contribution in [0.4, 0.5) is 10.1 Å². The van der Waals surface area contributed by atoms with Gasteiger partial charge >= 0.3 is 5.97 Å². The topological polar surface area (TPSA) is 60.9 Å². The van der Waals surface area contributed by atoms with E-state index in [4.69, 9.17) is 0 Å². The molecule has 6 heteroatoms. The number of benzene rings is 1. The predicted octanol–water partition coefficient (Wildman–Crippen LogP) is 1.97. The average molecular weight is 306 g/mol. The summed E-state index contributed by atoms with van der Waals surface area (Å²) in [5, 5.41) is 9.24. The van der Waals surface area contributed by atoms with Crippen molar-refractivity contribution in [1.82, 2.24) is 4.90 Å². The van der Waals surface area contributed by atoms with E-state index in [2.05, 4.69) is 0 Å². The van der Waals surface area contributed by atoms with Gasteiger partial charge in [-0.1, -0.05) is 0 Å². The number of hydrogen-bond acceptors (Lipinski definition) is 3. The average Bonchev–Trinajstić information content (AvgIpc) is 3.03. The Morgan fingerprint density at radius 2 is 2.05 bits per heavy atom. The highest BCUT2D eigenvalue weighted by Gasteiger charge is 2.51. The van der Waals surface area contributed by atoms with Crippen LogP contribution in [0, 0.1) is 11.7 Å². The molecule has 1 aromatic carbocycles. The Balaban J connectivity index is 1.86. The Hall–Kier alpha value is -2.11. The number of carbonyl (C=O) groups is 2. The van der Waals surface area contributed by atoms with Crippen molar-refractivity contribution in [3.05, 3.63) is 29.6 Å². The van der Waals surface area contributed by atoms with Gasteiger partial charge in [0.1, 0.15) is 5.82 Å². The number of carboxylic acids is 1. The number of carbonyl (C=O) groups excluding carboxylic acids is 1. The van der Waals surface area contributed by atoms with E-state index in [-0.39, 0.29) is 23.6 Å². The van der Waals surface area contributed by atoms with Crippen molar-refractivity contribution in [1.29, 1.82) is 0 Å². The largest absolute Gasteiger partial charge is 0.481 e. The van der Waals surface area contributed by atoms with E-state index in [9.17, 15) is 19.1 Å². The van der Waals surface area contributed by atoms with Crippen molar-refractivity contribution in [3.8, 4) is 0 Å². The van der Waals surface area contributed by atoms with Gasteiger partial charge in [-0.3, -0.25) is 9.59 Å². The maximum absolute atomic E-state index is 14.1. The van der Waals surface area contributed by atoms with E-state index in [1.807, 2.05) is 0 Å². The third-order valence-corrected chi connectivity index (χ3v) is 4.76. The lowest BCUT2D eigenvalue weighted by Crippen LogP contribution is -2.37. The first-order valence-electron chi connectivity index (χ1n) is 7.42. The molecule has 0 saturated carbocycles. The molecule has 3 rings (SSSR count). The van der Waals surface area contributed by atoms with E-state index in [0.717, 1.165) is 6.42 Å². The van der Waals surface area contributed by atoms with Crippen molar-refractivity contribution in [2.75, 3.05) is 19.0 Å². The summed E-state index contributed by atoms with van der Waals surface area (Å²) in [5.74, 6) is -2.05. The van der Waals surface area contributed by atoms with Crippen molar-refractivity contribution in [2.24, 2.45) is 5.92 Å². The highest BCUT2D eigenvalue weighted by molar-refractivity contribution is 5.96. The molecule has 1 amide bonds. The summed E-state index contributed by atoms with van der Waals surface area (Å²) in [6, 6.07) is 4.14. The molecule has 1 aromatic rings. The fourth-order valence-corrected chi connectivity index (χ4v) is 3.72. The molecular formula is C16H19FN2O3. The summed E-state index contributed by atoms with van der Waals surface area (Å²) in [6.07, 6.45) is 2.05. The number of amides is 1. The normalized spacial score (nSPS) is 26.3. The van der Waals surface area contributed by atoms with Gasteiger partial charge in [-0.05, 0) is 37.5 Å². The van der Waals surface area contributed by atoms with Crippen LogP contribution in [0.3, 0.4) is 0 Å². The van der Waals surface area contributed by atoms with Gasteiger partial charge in [0.25, 0.3) is 5.91 Å². The summed E-state index contributed by atoms with van der Waals surface area (Å²) in [5.41, 5.74) is 0.704. The molecule has 0 radical (unpaired) electrons. The number of halogens is 1. The fraction of sp³-hybridized carbons (Fsp3) is 0.500. The van der Waals surface area contributed by atoms with Crippen LogP contribution in [-0.2, 0) is 4.79 Å². The predicted molar refractivity (Wildman–Crippen MR) is 79.4 cm³/mol. The van der Waals surface area contributed by atoms with Crippen LogP contribution in [-0.4, -0.2) is 48.1 Å². The van der Waals surface area contributed by atoms with Gasteiger partial charge in [-0.25, -0.2) is 4.39 Å². The van der Waals surface area contributed by atoms with Gasteiger partial charge < -0.3 is 14.9 Å². The lowest BCUT2D eigenvalue weighted by atomic mass is 9.89. The second-order valence-corrected chi connectivity index (χ2v) is 6.25.